The summed E-state index contributed by atoms with van der Waals surface area (Å²) < 4.78 is 33.9. The Bertz CT molecular complexity index is 2050. The Morgan fingerprint density at radius 1 is 0.400 bits per heavy atom. The number of esters is 2. The highest BCUT2D eigenvalue weighted by atomic mass is 31.2. The molecule has 80 heavy (non-hydrogen) atoms. The summed E-state index contributed by atoms with van der Waals surface area (Å²) in [5.41, 5.74) is 0. The zero-order valence-electron chi connectivity index (χ0n) is 50.4. The lowest BCUT2D eigenvalue weighted by Crippen LogP contribution is -2.37. The van der Waals surface area contributed by atoms with Gasteiger partial charge in [0.2, 0.25) is 0 Å². The smallest absolute Gasteiger partial charge is 0.309 e. The van der Waals surface area contributed by atoms with E-state index in [1.54, 1.807) is 6.08 Å². The second-order valence-electron chi connectivity index (χ2n) is 20.3. The minimum Gasteiger partial charge on any atom is -0.756 e. The fraction of sp³-hybridized carbons (Fsp3) is 0.514. The van der Waals surface area contributed by atoms with Crippen LogP contribution in [0.25, 0.3) is 0 Å². The molecule has 10 heteroatoms. The average Bonchev–Trinajstić information content (AvgIpc) is 3.42. The number of likely N-dealkylation sites (N-methyl/N-ethyl adjacent to an activating group) is 1. The van der Waals surface area contributed by atoms with Gasteiger partial charge in [0.05, 0.1) is 34.2 Å². The molecule has 0 fully saturated rings. The minimum atomic E-state index is -4.67. The van der Waals surface area contributed by atoms with Crippen molar-refractivity contribution in [1.29, 1.82) is 0 Å². The summed E-state index contributed by atoms with van der Waals surface area (Å²) in [5.74, 6) is -1.01. The number of carbonyl (C=O) groups is 2. The molecule has 0 heterocycles. The van der Waals surface area contributed by atoms with Crippen molar-refractivity contribution >= 4 is 19.8 Å². The zero-order chi connectivity index (χ0) is 58.4. The Morgan fingerprint density at radius 2 is 0.713 bits per heavy atom. The van der Waals surface area contributed by atoms with Gasteiger partial charge in [-0.25, -0.2) is 0 Å². The maximum Gasteiger partial charge on any atom is 0.309 e. The molecule has 0 spiro atoms. The predicted octanol–water partition coefficient (Wildman–Crippen LogP) is 18.7. The molecule has 0 aliphatic heterocycles. The zero-order valence-corrected chi connectivity index (χ0v) is 51.3. The number of allylic oxidation sites excluding steroid dienone is 31. The van der Waals surface area contributed by atoms with Gasteiger partial charge >= 0.3 is 11.9 Å². The van der Waals surface area contributed by atoms with E-state index in [-0.39, 0.29) is 26.1 Å². The first-order valence-electron chi connectivity index (χ1n) is 30.1. The fourth-order valence-corrected chi connectivity index (χ4v) is 7.81. The lowest BCUT2D eigenvalue weighted by atomic mass is 10.1. The molecule has 0 aliphatic rings. The molecule has 2 atom stereocenters. The molecule has 0 N–H and O–H groups in total. The normalized spacial score (nSPS) is 14.6. The molecule has 0 rings (SSSR count). The lowest BCUT2D eigenvalue weighted by Gasteiger charge is -2.28. The number of carbonyl (C=O) groups excluding carboxylic acids is 2. The van der Waals surface area contributed by atoms with E-state index in [2.05, 4.69) is 190 Å². The van der Waals surface area contributed by atoms with Gasteiger partial charge in [-0.1, -0.05) is 240 Å². The van der Waals surface area contributed by atoms with Crippen LogP contribution in [0.5, 0.6) is 0 Å². The first-order chi connectivity index (χ1) is 39.0. The molecule has 9 nitrogen and oxygen atoms in total. The Kier molecular flexibility index (Phi) is 54.7. The molecule has 0 bridgehead atoms. The Morgan fingerprint density at radius 3 is 1.06 bits per heavy atom. The molecule has 0 saturated heterocycles. The summed E-state index contributed by atoms with van der Waals surface area (Å²) in [4.78, 5) is 37.7. The lowest BCUT2D eigenvalue weighted by molar-refractivity contribution is -0.870. The molecule has 0 aromatic rings. The summed E-state index contributed by atoms with van der Waals surface area (Å²) in [5, 5.41) is 0. The molecule has 0 radical (unpaired) electrons. The maximum absolute atomic E-state index is 12.8. The monoisotopic (exact) mass is 1120 g/mol. The summed E-state index contributed by atoms with van der Waals surface area (Å²) in [6.07, 6.45) is 92.4. The van der Waals surface area contributed by atoms with Crippen LogP contribution in [-0.2, 0) is 32.7 Å². The molecular formula is C70H108NO8P. The number of hydrogen-bond acceptors (Lipinski definition) is 8. The van der Waals surface area contributed by atoms with Gasteiger partial charge < -0.3 is 27.9 Å². The molecule has 0 saturated carbocycles. The van der Waals surface area contributed by atoms with Crippen molar-refractivity contribution in [2.45, 2.75) is 187 Å². The van der Waals surface area contributed by atoms with E-state index in [1.165, 1.54) is 6.42 Å². The van der Waals surface area contributed by atoms with Crippen molar-refractivity contribution < 1.29 is 42.1 Å². The van der Waals surface area contributed by atoms with Crippen LogP contribution in [0.1, 0.15) is 181 Å². The van der Waals surface area contributed by atoms with Gasteiger partial charge in [0.25, 0.3) is 7.82 Å². The van der Waals surface area contributed by atoms with E-state index in [9.17, 15) is 19.0 Å². The van der Waals surface area contributed by atoms with Crippen molar-refractivity contribution in [3.05, 3.63) is 194 Å². The quantitative estimate of drug-likeness (QED) is 0.0195. The van der Waals surface area contributed by atoms with Crippen LogP contribution < -0.4 is 4.89 Å². The Balaban J connectivity index is 4.21. The van der Waals surface area contributed by atoms with Crippen molar-refractivity contribution in [3.63, 3.8) is 0 Å². The number of ether oxygens (including phenoxy) is 2. The van der Waals surface area contributed by atoms with Gasteiger partial charge in [-0.3, -0.25) is 14.2 Å². The Hall–Kier alpha value is -5.15. The topological polar surface area (TPSA) is 111 Å². The number of hydrogen-bond donors (Lipinski definition) is 0. The molecule has 0 aliphatic carbocycles. The second-order valence-corrected chi connectivity index (χ2v) is 21.7. The van der Waals surface area contributed by atoms with Gasteiger partial charge in [-0.2, -0.15) is 0 Å². The van der Waals surface area contributed by atoms with Gasteiger partial charge in [0, 0.05) is 6.42 Å². The van der Waals surface area contributed by atoms with Crippen LogP contribution in [0.2, 0.25) is 0 Å². The highest BCUT2D eigenvalue weighted by molar-refractivity contribution is 7.45. The van der Waals surface area contributed by atoms with Gasteiger partial charge in [0.15, 0.2) is 6.10 Å². The van der Waals surface area contributed by atoms with E-state index >= 15 is 0 Å². The van der Waals surface area contributed by atoms with Gasteiger partial charge in [0.1, 0.15) is 19.8 Å². The number of quaternary nitrogens is 1. The van der Waals surface area contributed by atoms with Crippen molar-refractivity contribution in [2.24, 2.45) is 0 Å². The Labute approximate surface area is 488 Å². The molecule has 2 unspecified atom stereocenters. The third kappa shape index (κ3) is 62.1. The van der Waals surface area contributed by atoms with Crippen LogP contribution in [0.3, 0.4) is 0 Å². The van der Waals surface area contributed by atoms with Crippen LogP contribution in [-0.4, -0.2) is 70.0 Å². The number of phosphoric acid groups is 1. The average molecular weight is 1120 g/mol. The largest absolute Gasteiger partial charge is 0.756 e. The van der Waals surface area contributed by atoms with E-state index < -0.39 is 32.5 Å². The number of unbranched alkanes of at least 4 members (excludes halogenated alkanes) is 7. The van der Waals surface area contributed by atoms with Crippen molar-refractivity contribution in [1.82, 2.24) is 0 Å². The van der Waals surface area contributed by atoms with Gasteiger partial charge in [-0.05, 0) is 122 Å². The first kappa shape index (κ1) is 74.8. The molecule has 0 aromatic carbocycles. The van der Waals surface area contributed by atoms with E-state index in [4.69, 9.17) is 18.5 Å². The highest BCUT2D eigenvalue weighted by Crippen LogP contribution is 2.38. The van der Waals surface area contributed by atoms with Crippen molar-refractivity contribution in [3.8, 4) is 0 Å². The summed E-state index contributed by atoms with van der Waals surface area (Å²) in [6.45, 7) is 3.84. The number of phosphoric ester groups is 1. The summed E-state index contributed by atoms with van der Waals surface area (Å²) in [6, 6.07) is 0. The number of rotatable bonds is 52. The molecule has 0 aromatic heterocycles. The standard InChI is InChI=1S/C70H108NO8P/c1-6-8-10-12-14-16-18-20-22-23-24-25-26-27-28-29-30-31-32-33-34-35-36-37-38-39-40-41-42-43-44-45-46-47-49-51-53-55-57-59-61-63-70(73)79-68(67-78-80(74,75)77-65-64-71(3,4)5)66-76-69(72)62-60-58-56-54-52-50-48-21-19-17-15-13-11-9-7-2/h8-11,14-17,20-22,24-25,27-28,30-31,33-34,36-37,39-40,42-43,45-46,48,52,54,58,60,68H,6-7,12-13,18-19,23,26,29,32,35,38,41,44,47,49-51,53,55-57,59,61-67H2,1-5H3/b10-8-,11-9-,16-14-,17-15-,22-20-,25-24-,28-27-,31-30-,34-33-,37-36-,40-39-,43-42-,46-45-,48-21-,54-52-,60-58-. The summed E-state index contributed by atoms with van der Waals surface area (Å²) in [7, 11) is 1.08. The highest BCUT2D eigenvalue weighted by Gasteiger charge is 2.21. The van der Waals surface area contributed by atoms with Crippen LogP contribution >= 0.6 is 7.82 Å². The third-order valence-corrected chi connectivity index (χ3v) is 12.6. The first-order valence-corrected chi connectivity index (χ1v) is 31.6. The third-order valence-electron chi connectivity index (χ3n) is 11.6. The molecule has 446 valence electrons. The number of nitrogens with zero attached hydrogens (tertiary/aromatic N) is 1. The fourth-order valence-electron chi connectivity index (χ4n) is 7.08. The predicted molar refractivity (Wildman–Crippen MR) is 341 cm³/mol. The summed E-state index contributed by atoms with van der Waals surface area (Å²) >= 11 is 0. The van der Waals surface area contributed by atoms with Crippen LogP contribution in [0.15, 0.2) is 194 Å². The van der Waals surface area contributed by atoms with Gasteiger partial charge in [-0.15, -0.1) is 0 Å². The molecular weight excluding hydrogens is 1010 g/mol. The SMILES string of the molecule is CC/C=C\C/C=C\C/C=C\C/C=C\C/C=C\C/C=C\C/C=C\C/C=C\C/C=C\C/C=C\C/C=C\CCCCCCCCCC(=O)OC(COC(=O)C/C=C\C/C=C\C/C=C\C/C=C\C/C=C\CC)COP(=O)([O-])OCC[N+](C)(C)C. The van der Waals surface area contributed by atoms with Crippen LogP contribution in [0, 0.1) is 0 Å². The second kappa shape index (κ2) is 58.5. The van der Waals surface area contributed by atoms with Crippen molar-refractivity contribution in [2.75, 3.05) is 47.5 Å². The maximum atomic E-state index is 12.8. The van der Waals surface area contributed by atoms with E-state index in [0.717, 1.165) is 135 Å². The van der Waals surface area contributed by atoms with Crippen LogP contribution in [0.4, 0.5) is 0 Å². The minimum absolute atomic E-state index is 0.0307. The van der Waals surface area contributed by atoms with E-state index in [0.29, 0.717) is 23.9 Å². The molecule has 0 amide bonds. The van der Waals surface area contributed by atoms with E-state index in [1.807, 2.05) is 33.3 Å².